The van der Waals surface area contributed by atoms with Gasteiger partial charge < -0.3 is 5.11 Å². The van der Waals surface area contributed by atoms with Crippen LogP contribution in [0.3, 0.4) is 0 Å². The molecule has 1 nitrogen and oxygen atoms in total. The molecule has 0 spiro atoms. The van der Waals surface area contributed by atoms with Crippen LogP contribution in [0.15, 0.2) is 24.3 Å². The van der Waals surface area contributed by atoms with Crippen molar-refractivity contribution in [3.8, 4) is 0 Å². The van der Waals surface area contributed by atoms with Crippen molar-refractivity contribution in [1.29, 1.82) is 0 Å². The zero-order chi connectivity index (χ0) is 10.9. The third-order valence-corrected chi connectivity index (χ3v) is 8.07. The molecule has 1 N–H and O–H groups in total. The Morgan fingerprint density at radius 1 is 1.07 bits per heavy atom. The first-order chi connectivity index (χ1) is 7.33. The normalized spacial score (nSPS) is 10.5. The molecule has 0 amide bonds. The van der Waals surface area contributed by atoms with Crippen molar-refractivity contribution >= 4 is 52.8 Å². The van der Waals surface area contributed by atoms with Gasteiger partial charge in [0.05, 0.1) is 6.61 Å². The first-order valence-corrected chi connectivity index (χ1v) is 9.79. The Hall–Kier alpha value is 0.870. The Kier molecular flexibility index (Phi) is 8.32. The van der Waals surface area contributed by atoms with E-state index in [9.17, 15) is 0 Å². The zero-order valence-electron chi connectivity index (χ0n) is 7.89. The van der Waals surface area contributed by atoms with E-state index in [1.165, 1.54) is 5.56 Å². The van der Waals surface area contributed by atoms with Gasteiger partial charge >= 0.3 is 0 Å². The summed E-state index contributed by atoms with van der Waals surface area (Å²) in [5.41, 5.74) is 1.28. The van der Waals surface area contributed by atoms with E-state index in [-0.39, 0.29) is 6.61 Å². The Balaban J connectivity index is 2.07. The molecule has 0 saturated heterocycles. The van der Waals surface area contributed by atoms with E-state index < -0.39 is 0 Å². The molecule has 1 rings (SSSR count). The minimum absolute atomic E-state index is 0.250. The molecular weight excluding hydrogens is 288 g/mol. The van der Waals surface area contributed by atoms with Crippen LogP contribution in [-0.2, 0) is 5.75 Å². The lowest BCUT2D eigenvalue weighted by molar-refractivity contribution is 0.323. The summed E-state index contributed by atoms with van der Waals surface area (Å²) in [6, 6.07) is 7.91. The van der Waals surface area contributed by atoms with Crippen LogP contribution in [0.5, 0.6) is 0 Å². The van der Waals surface area contributed by atoms with Crippen molar-refractivity contribution in [3.05, 3.63) is 34.9 Å². The van der Waals surface area contributed by atoms with Gasteiger partial charge in [-0.1, -0.05) is 45.3 Å². The van der Waals surface area contributed by atoms with Crippen LogP contribution in [0.1, 0.15) is 5.56 Å². The van der Waals surface area contributed by atoms with Crippen LogP contribution in [0, 0.1) is 0 Å². The van der Waals surface area contributed by atoms with Gasteiger partial charge in [-0.05, 0) is 37.3 Å². The summed E-state index contributed by atoms with van der Waals surface area (Å²) in [4.78, 5) is 0. The molecule has 0 aliphatic heterocycles. The molecule has 1 aromatic carbocycles. The average molecular weight is 299 g/mol. The molecule has 0 fully saturated rings. The average Bonchev–Trinajstić information content (AvgIpc) is 2.26. The highest BCUT2D eigenvalue weighted by molar-refractivity contribution is 9.26. The van der Waals surface area contributed by atoms with Gasteiger partial charge in [-0.3, -0.25) is 0 Å². The van der Waals surface area contributed by atoms with Crippen LogP contribution in [-0.4, -0.2) is 17.5 Å². The predicted molar refractivity (Wildman–Crippen MR) is 77.5 cm³/mol. The smallest absolute Gasteiger partial charge is 0.0530 e. The highest BCUT2D eigenvalue weighted by atomic mass is 35.5. The first-order valence-electron chi connectivity index (χ1n) is 4.26. The van der Waals surface area contributed by atoms with E-state index in [0.29, 0.717) is 0 Å². The van der Waals surface area contributed by atoms with Crippen molar-refractivity contribution < 1.29 is 5.11 Å². The highest BCUT2D eigenvalue weighted by Crippen LogP contribution is 2.43. The van der Waals surface area contributed by atoms with E-state index in [2.05, 4.69) is 0 Å². The summed E-state index contributed by atoms with van der Waals surface area (Å²) in [5.74, 6) is 1.77. The Morgan fingerprint density at radius 3 is 2.40 bits per heavy atom. The molecule has 1 aromatic rings. The number of halogens is 1. The van der Waals surface area contributed by atoms with Gasteiger partial charge in [0.15, 0.2) is 0 Å². The summed E-state index contributed by atoms with van der Waals surface area (Å²) >= 11 is 5.79. The van der Waals surface area contributed by atoms with Gasteiger partial charge in [-0.25, -0.2) is 0 Å². The maximum atomic E-state index is 8.56. The molecule has 0 atom stereocenters. The van der Waals surface area contributed by atoms with Crippen molar-refractivity contribution in [1.82, 2.24) is 0 Å². The number of rotatable bonds is 7. The topological polar surface area (TPSA) is 20.2 Å². The third kappa shape index (κ3) is 6.92. The first kappa shape index (κ1) is 13.9. The van der Waals surface area contributed by atoms with Gasteiger partial charge in [0.2, 0.25) is 0 Å². The standard InChI is InChI=1S/C9H11ClOS4/c10-9-3-1-8(2-4-9)7-13-15-14-12-6-5-11/h1-4,11H,5-7H2. The number of hydrogen-bond donors (Lipinski definition) is 1. The summed E-state index contributed by atoms with van der Waals surface area (Å²) in [6.07, 6.45) is 0. The molecule has 15 heavy (non-hydrogen) atoms. The number of benzene rings is 1. The minimum Gasteiger partial charge on any atom is -0.395 e. The van der Waals surface area contributed by atoms with Crippen molar-refractivity contribution in [3.63, 3.8) is 0 Å². The molecule has 84 valence electrons. The van der Waals surface area contributed by atoms with Gasteiger partial charge in [-0.2, -0.15) is 0 Å². The molecule has 0 bridgehead atoms. The number of hydrogen-bond acceptors (Lipinski definition) is 5. The maximum Gasteiger partial charge on any atom is 0.0530 e. The van der Waals surface area contributed by atoms with Gasteiger partial charge in [-0.15, -0.1) is 0 Å². The maximum absolute atomic E-state index is 8.56. The molecule has 0 aliphatic carbocycles. The Morgan fingerprint density at radius 2 is 1.73 bits per heavy atom. The second-order valence-corrected chi connectivity index (χ2v) is 9.13. The van der Waals surface area contributed by atoms with E-state index in [1.54, 1.807) is 41.2 Å². The second kappa shape index (κ2) is 8.96. The largest absolute Gasteiger partial charge is 0.395 e. The monoisotopic (exact) mass is 298 g/mol. The molecule has 0 saturated carbocycles. The van der Waals surface area contributed by atoms with E-state index in [0.717, 1.165) is 16.5 Å². The lowest BCUT2D eigenvalue weighted by Crippen LogP contribution is -1.80. The molecular formula is C9H11ClOS4. The van der Waals surface area contributed by atoms with Gasteiger partial charge in [0.25, 0.3) is 0 Å². The van der Waals surface area contributed by atoms with E-state index >= 15 is 0 Å². The Bertz CT molecular complexity index is 267. The highest BCUT2D eigenvalue weighted by Gasteiger charge is 1.95. The zero-order valence-corrected chi connectivity index (χ0v) is 11.9. The van der Waals surface area contributed by atoms with E-state index in [4.69, 9.17) is 16.7 Å². The lowest BCUT2D eigenvalue weighted by Gasteiger charge is -2.00. The molecule has 0 heterocycles. The minimum atomic E-state index is 0.250. The van der Waals surface area contributed by atoms with Crippen molar-refractivity contribution in [2.24, 2.45) is 0 Å². The van der Waals surface area contributed by atoms with Crippen molar-refractivity contribution in [2.75, 3.05) is 12.4 Å². The predicted octanol–water partition coefficient (Wildman–Crippen LogP) is 4.51. The summed E-state index contributed by atoms with van der Waals surface area (Å²) in [6.45, 7) is 0.250. The SMILES string of the molecule is OCCSSSSCc1ccc(Cl)cc1. The van der Waals surface area contributed by atoms with Crippen molar-refractivity contribution in [2.45, 2.75) is 5.75 Å². The summed E-state index contributed by atoms with van der Waals surface area (Å²) < 4.78 is 0. The van der Waals surface area contributed by atoms with Crippen LogP contribution < -0.4 is 0 Å². The van der Waals surface area contributed by atoms with Crippen LogP contribution in [0.4, 0.5) is 0 Å². The Labute approximate surface area is 110 Å². The fourth-order valence-corrected chi connectivity index (χ4v) is 6.60. The lowest BCUT2D eigenvalue weighted by atomic mass is 10.2. The molecule has 0 radical (unpaired) electrons. The fraction of sp³-hybridized carbons (Fsp3) is 0.333. The summed E-state index contributed by atoms with van der Waals surface area (Å²) in [7, 11) is 6.93. The van der Waals surface area contributed by atoms with E-state index in [1.807, 2.05) is 24.3 Å². The third-order valence-electron chi connectivity index (χ3n) is 1.44. The molecule has 0 aliphatic rings. The summed E-state index contributed by atoms with van der Waals surface area (Å²) in [5, 5.41) is 9.35. The molecule has 6 heteroatoms. The number of aliphatic hydroxyl groups is 1. The van der Waals surface area contributed by atoms with Gasteiger partial charge in [0, 0.05) is 16.5 Å². The quantitative estimate of drug-likeness (QED) is 0.588. The molecule has 0 unspecified atom stereocenters. The van der Waals surface area contributed by atoms with Crippen LogP contribution in [0.2, 0.25) is 5.02 Å². The fourth-order valence-electron chi connectivity index (χ4n) is 0.783. The van der Waals surface area contributed by atoms with Crippen LogP contribution >= 0.6 is 52.8 Å². The van der Waals surface area contributed by atoms with Crippen LogP contribution in [0.25, 0.3) is 0 Å². The second-order valence-electron chi connectivity index (χ2n) is 2.57. The molecule has 0 aromatic heterocycles. The number of aliphatic hydroxyl groups excluding tert-OH is 1. The van der Waals surface area contributed by atoms with Gasteiger partial charge in [0.1, 0.15) is 0 Å².